The number of benzene rings is 1. The highest BCUT2D eigenvalue weighted by atomic mass is 16.5. The van der Waals surface area contributed by atoms with Crippen molar-refractivity contribution < 1.29 is 14.3 Å². The van der Waals surface area contributed by atoms with E-state index in [4.69, 9.17) is 0 Å². The summed E-state index contributed by atoms with van der Waals surface area (Å²) in [6, 6.07) is 11.6. The number of ether oxygens (including phenoxy) is 1. The van der Waals surface area contributed by atoms with Crippen LogP contribution in [0.25, 0.3) is 0 Å². The zero-order valence-corrected chi connectivity index (χ0v) is 11.2. The standard InChI is InChI=1S/C16H15NO3/c1-20-16(19)14-9-12-13(17-14)8-11(15(12)18)7-10-5-3-2-4-6-10/h2-6,9,11,17H,7-8H2,1H3/t11-/m0/s1. The Kier molecular flexibility index (Phi) is 3.14. The van der Waals surface area contributed by atoms with E-state index in [-0.39, 0.29) is 11.7 Å². The molecule has 0 unspecified atom stereocenters. The molecule has 3 rings (SSSR count). The number of rotatable bonds is 3. The van der Waals surface area contributed by atoms with E-state index in [1.165, 1.54) is 7.11 Å². The van der Waals surface area contributed by atoms with Crippen LogP contribution in [-0.2, 0) is 17.6 Å². The minimum absolute atomic E-state index is 0.0367. The van der Waals surface area contributed by atoms with Crippen LogP contribution >= 0.6 is 0 Å². The minimum atomic E-state index is -0.438. The molecule has 1 aromatic heterocycles. The summed E-state index contributed by atoms with van der Waals surface area (Å²) in [5, 5.41) is 0. The summed E-state index contributed by atoms with van der Waals surface area (Å²) in [6.07, 6.45) is 1.38. The topological polar surface area (TPSA) is 59.2 Å². The van der Waals surface area contributed by atoms with Crippen molar-refractivity contribution >= 4 is 11.8 Å². The average Bonchev–Trinajstić information content (AvgIpc) is 3.00. The number of esters is 1. The zero-order valence-electron chi connectivity index (χ0n) is 11.2. The van der Waals surface area contributed by atoms with Crippen molar-refractivity contribution in [2.75, 3.05) is 7.11 Å². The molecule has 20 heavy (non-hydrogen) atoms. The summed E-state index contributed by atoms with van der Waals surface area (Å²) in [5.74, 6) is -0.368. The fourth-order valence-corrected chi connectivity index (χ4v) is 2.72. The lowest BCUT2D eigenvalue weighted by atomic mass is 9.96. The number of aromatic nitrogens is 1. The Morgan fingerprint density at radius 2 is 2.10 bits per heavy atom. The molecule has 0 spiro atoms. The Morgan fingerprint density at radius 3 is 2.75 bits per heavy atom. The summed E-state index contributed by atoms with van der Waals surface area (Å²) in [6.45, 7) is 0. The predicted octanol–water partition coefficient (Wildman–Crippen LogP) is 2.40. The molecule has 0 saturated carbocycles. The van der Waals surface area contributed by atoms with Crippen LogP contribution in [0.2, 0.25) is 0 Å². The Labute approximate surface area is 116 Å². The van der Waals surface area contributed by atoms with Crippen LogP contribution < -0.4 is 0 Å². The van der Waals surface area contributed by atoms with Crippen molar-refractivity contribution in [1.82, 2.24) is 4.98 Å². The van der Waals surface area contributed by atoms with Gasteiger partial charge in [0.05, 0.1) is 7.11 Å². The molecule has 1 aliphatic carbocycles. The molecule has 0 amide bonds. The number of Topliss-reactive ketones (excluding diaryl/α,β-unsaturated/α-hetero) is 1. The largest absolute Gasteiger partial charge is 0.464 e. The van der Waals surface area contributed by atoms with Crippen molar-refractivity contribution in [2.45, 2.75) is 12.8 Å². The normalized spacial score (nSPS) is 17.1. The summed E-state index contributed by atoms with van der Waals surface area (Å²) in [5.41, 5.74) is 2.98. The van der Waals surface area contributed by atoms with Gasteiger partial charge in [-0.1, -0.05) is 30.3 Å². The predicted molar refractivity (Wildman–Crippen MR) is 73.8 cm³/mol. The number of hydrogen-bond acceptors (Lipinski definition) is 3. The Hall–Kier alpha value is -2.36. The molecule has 0 aliphatic heterocycles. The SMILES string of the molecule is COC(=O)c1cc2c([nH]1)C[C@H](Cc1ccccc1)C2=O. The molecule has 0 saturated heterocycles. The quantitative estimate of drug-likeness (QED) is 0.870. The number of nitrogens with one attached hydrogen (secondary N) is 1. The number of aromatic amines is 1. The maximum absolute atomic E-state index is 12.4. The summed E-state index contributed by atoms with van der Waals surface area (Å²) in [7, 11) is 1.33. The second-order valence-electron chi connectivity index (χ2n) is 5.02. The van der Waals surface area contributed by atoms with E-state index in [1.807, 2.05) is 30.3 Å². The first-order valence-electron chi connectivity index (χ1n) is 6.57. The van der Waals surface area contributed by atoms with Gasteiger partial charge in [-0.25, -0.2) is 4.79 Å². The number of H-pyrrole nitrogens is 1. The zero-order chi connectivity index (χ0) is 14.1. The number of hydrogen-bond donors (Lipinski definition) is 1. The van der Waals surface area contributed by atoms with Gasteiger partial charge in [-0.15, -0.1) is 0 Å². The van der Waals surface area contributed by atoms with Gasteiger partial charge in [0.1, 0.15) is 5.69 Å². The molecule has 1 atom stereocenters. The smallest absolute Gasteiger partial charge is 0.354 e. The van der Waals surface area contributed by atoms with Gasteiger partial charge >= 0.3 is 5.97 Å². The van der Waals surface area contributed by atoms with E-state index < -0.39 is 5.97 Å². The first-order chi connectivity index (χ1) is 9.69. The van der Waals surface area contributed by atoms with Crippen LogP contribution in [0, 0.1) is 5.92 Å². The van der Waals surface area contributed by atoms with Crippen LogP contribution in [0.3, 0.4) is 0 Å². The molecule has 102 valence electrons. The van der Waals surface area contributed by atoms with Gasteiger partial charge in [-0.3, -0.25) is 4.79 Å². The van der Waals surface area contributed by atoms with E-state index in [0.29, 0.717) is 17.7 Å². The van der Waals surface area contributed by atoms with Crippen LogP contribution in [0.15, 0.2) is 36.4 Å². The first kappa shape index (κ1) is 12.7. The van der Waals surface area contributed by atoms with Gasteiger partial charge in [-0.2, -0.15) is 0 Å². The van der Waals surface area contributed by atoms with E-state index in [0.717, 1.165) is 17.7 Å². The third kappa shape index (κ3) is 2.13. The third-order valence-electron chi connectivity index (χ3n) is 3.72. The lowest BCUT2D eigenvalue weighted by molar-refractivity contribution is 0.0594. The van der Waals surface area contributed by atoms with Crippen molar-refractivity contribution in [1.29, 1.82) is 0 Å². The molecule has 0 bridgehead atoms. The Balaban J connectivity index is 1.78. The first-order valence-corrected chi connectivity index (χ1v) is 6.57. The summed E-state index contributed by atoms with van der Waals surface area (Å²) < 4.78 is 4.65. The highest BCUT2D eigenvalue weighted by Crippen LogP contribution is 2.29. The van der Waals surface area contributed by atoms with Gasteiger partial charge in [0.15, 0.2) is 5.78 Å². The van der Waals surface area contributed by atoms with E-state index in [9.17, 15) is 9.59 Å². The van der Waals surface area contributed by atoms with Gasteiger partial charge in [0.2, 0.25) is 0 Å². The fraction of sp³-hybridized carbons (Fsp3) is 0.250. The van der Waals surface area contributed by atoms with Crippen LogP contribution in [0.4, 0.5) is 0 Å². The Bertz CT molecular complexity index is 658. The average molecular weight is 269 g/mol. The second-order valence-corrected chi connectivity index (χ2v) is 5.02. The number of methoxy groups -OCH3 is 1. The molecule has 1 aromatic carbocycles. The maximum Gasteiger partial charge on any atom is 0.354 e. The molecular weight excluding hydrogens is 254 g/mol. The van der Waals surface area contributed by atoms with Gasteiger partial charge in [0.25, 0.3) is 0 Å². The molecule has 4 heteroatoms. The monoisotopic (exact) mass is 269 g/mol. The lowest BCUT2D eigenvalue weighted by Gasteiger charge is -2.08. The Morgan fingerprint density at radius 1 is 1.35 bits per heavy atom. The summed E-state index contributed by atoms with van der Waals surface area (Å²) >= 11 is 0. The molecular formula is C16H15NO3. The van der Waals surface area contributed by atoms with Crippen LogP contribution in [-0.4, -0.2) is 23.8 Å². The highest BCUT2D eigenvalue weighted by Gasteiger charge is 2.33. The van der Waals surface area contributed by atoms with Crippen molar-refractivity contribution in [3.8, 4) is 0 Å². The van der Waals surface area contributed by atoms with Crippen molar-refractivity contribution in [3.05, 3.63) is 58.9 Å². The fourth-order valence-electron chi connectivity index (χ4n) is 2.72. The molecule has 0 radical (unpaired) electrons. The summed E-state index contributed by atoms with van der Waals surface area (Å²) in [4.78, 5) is 26.8. The third-order valence-corrected chi connectivity index (χ3v) is 3.72. The van der Waals surface area contributed by atoms with E-state index in [1.54, 1.807) is 6.07 Å². The maximum atomic E-state index is 12.4. The number of ketones is 1. The molecule has 1 aliphatic rings. The van der Waals surface area contributed by atoms with Gasteiger partial charge in [0, 0.05) is 17.2 Å². The number of carbonyl (C=O) groups is 2. The number of carbonyl (C=O) groups excluding carboxylic acids is 2. The highest BCUT2D eigenvalue weighted by molar-refractivity contribution is 6.04. The van der Waals surface area contributed by atoms with Gasteiger partial charge in [-0.05, 0) is 24.5 Å². The molecule has 1 N–H and O–H groups in total. The van der Waals surface area contributed by atoms with E-state index >= 15 is 0 Å². The van der Waals surface area contributed by atoms with E-state index in [2.05, 4.69) is 9.72 Å². The minimum Gasteiger partial charge on any atom is -0.464 e. The molecule has 1 heterocycles. The molecule has 4 nitrogen and oxygen atoms in total. The molecule has 0 fully saturated rings. The van der Waals surface area contributed by atoms with Crippen LogP contribution in [0.1, 0.15) is 32.1 Å². The van der Waals surface area contributed by atoms with Crippen molar-refractivity contribution in [2.24, 2.45) is 5.92 Å². The molecule has 2 aromatic rings. The van der Waals surface area contributed by atoms with Crippen LogP contribution in [0.5, 0.6) is 0 Å². The lowest BCUT2D eigenvalue weighted by Crippen LogP contribution is -2.13. The number of fused-ring (bicyclic) bond motifs is 1. The van der Waals surface area contributed by atoms with Crippen molar-refractivity contribution in [3.63, 3.8) is 0 Å². The van der Waals surface area contributed by atoms with Gasteiger partial charge < -0.3 is 9.72 Å². The second kappa shape index (κ2) is 4.96.